The van der Waals surface area contributed by atoms with E-state index in [1.165, 1.54) is 22.8 Å². The summed E-state index contributed by atoms with van der Waals surface area (Å²) >= 11 is 0. The average molecular weight is 321 g/mol. The molecule has 7 heteroatoms. The molecule has 3 aromatic heterocycles. The molecule has 24 heavy (non-hydrogen) atoms. The highest BCUT2D eigenvalue weighted by atomic mass is 15.1. The molecule has 1 aromatic carbocycles. The highest BCUT2D eigenvalue weighted by Gasteiger charge is 2.12. The summed E-state index contributed by atoms with van der Waals surface area (Å²) in [4.78, 5) is 16.1. The lowest BCUT2D eigenvalue weighted by molar-refractivity contribution is 0.816. The van der Waals surface area contributed by atoms with Gasteiger partial charge in [0.15, 0.2) is 11.5 Å². The number of nitrogens with two attached hydrogens (primary N) is 2. The molecule has 3 heterocycles. The molecule has 0 aliphatic heterocycles. The number of nitrogen functional groups attached to an aromatic ring is 1. The standard InChI is InChI=1S/C17H19N7/c1-2-10-3-4-11(14-13(10)5-12(6-18)23-14)7-24-9-22-15-16(19)20-8-21-17(15)24/h3-5,8-9,23H,2,6-7,18H2,1H3,(H2,19,20,21). The van der Waals surface area contributed by atoms with Gasteiger partial charge in [0, 0.05) is 17.6 Å². The van der Waals surface area contributed by atoms with Crippen LogP contribution in [0.3, 0.4) is 0 Å². The van der Waals surface area contributed by atoms with Gasteiger partial charge >= 0.3 is 0 Å². The molecule has 0 aliphatic carbocycles. The summed E-state index contributed by atoms with van der Waals surface area (Å²) in [6.45, 7) is 3.31. The van der Waals surface area contributed by atoms with Crippen LogP contribution in [0.1, 0.15) is 23.7 Å². The van der Waals surface area contributed by atoms with Crippen molar-refractivity contribution < 1.29 is 0 Å². The van der Waals surface area contributed by atoms with E-state index in [2.05, 4.69) is 45.1 Å². The Morgan fingerprint density at radius 1 is 1.17 bits per heavy atom. The van der Waals surface area contributed by atoms with Gasteiger partial charge < -0.3 is 21.0 Å². The SMILES string of the molecule is CCc1ccc(Cn2cnc3c(N)ncnc32)c2[nH]c(CN)cc12. The molecule has 0 spiro atoms. The minimum absolute atomic E-state index is 0.399. The number of imidazole rings is 1. The number of aromatic amines is 1. The number of nitrogens with zero attached hydrogens (tertiary/aromatic N) is 4. The molecule has 0 bridgehead atoms. The Kier molecular flexibility index (Phi) is 3.42. The Labute approximate surface area is 138 Å². The van der Waals surface area contributed by atoms with E-state index in [-0.39, 0.29) is 0 Å². The predicted molar refractivity (Wildman–Crippen MR) is 94.4 cm³/mol. The molecular formula is C17H19N7. The predicted octanol–water partition coefficient (Wildman–Crippen LogP) is 1.96. The Morgan fingerprint density at radius 3 is 2.79 bits per heavy atom. The van der Waals surface area contributed by atoms with E-state index in [4.69, 9.17) is 11.5 Å². The van der Waals surface area contributed by atoms with Gasteiger partial charge in [0.1, 0.15) is 11.8 Å². The highest BCUT2D eigenvalue weighted by Crippen LogP contribution is 2.26. The van der Waals surface area contributed by atoms with Crippen LogP contribution >= 0.6 is 0 Å². The zero-order chi connectivity index (χ0) is 16.7. The fourth-order valence-corrected chi connectivity index (χ4v) is 3.14. The first-order valence-corrected chi connectivity index (χ1v) is 7.95. The van der Waals surface area contributed by atoms with Crippen LogP contribution in [0.4, 0.5) is 5.82 Å². The van der Waals surface area contributed by atoms with Gasteiger partial charge in [-0.05, 0) is 23.6 Å². The zero-order valence-electron chi connectivity index (χ0n) is 13.5. The van der Waals surface area contributed by atoms with Crippen molar-refractivity contribution in [1.82, 2.24) is 24.5 Å². The number of aromatic nitrogens is 5. The minimum atomic E-state index is 0.399. The molecule has 122 valence electrons. The zero-order valence-corrected chi connectivity index (χ0v) is 13.5. The van der Waals surface area contributed by atoms with Gasteiger partial charge in [-0.1, -0.05) is 19.1 Å². The Bertz CT molecular complexity index is 1030. The lowest BCUT2D eigenvalue weighted by atomic mass is 10.0. The lowest BCUT2D eigenvalue weighted by Crippen LogP contribution is -2.02. The summed E-state index contributed by atoms with van der Waals surface area (Å²) < 4.78 is 1.98. The van der Waals surface area contributed by atoms with Crippen molar-refractivity contribution in [2.45, 2.75) is 26.4 Å². The number of hydrogen-bond acceptors (Lipinski definition) is 5. The van der Waals surface area contributed by atoms with Crippen molar-refractivity contribution in [2.75, 3.05) is 5.73 Å². The fourth-order valence-electron chi connectivity index (χ4n) is 3.14. The largest absolute Gasteiger partial charge is 0.382 e. The van der Waals surface area contributed by atoms with E-state index in [0.717, 1.165) is 23.3 Å². The molecule has 4 rings (SSSR count). The topological polar surface area (TPSA) is 111 Å². The molecule has 0 aliphatic rings. The second-order valence-corrected chi connectivity index (χ2v) is 5.83. The first-order chi connectivity index (χ1) is 11.7. The maximum absolute atomic E-state index is 5.87. The molecular weight excluding hydrogens is 302 g/mol. The number of benzene rings is 1. The number of rotatable bonds is 4. The minimum Gasteiger partial charge on any atom is -0.382 e. The summed E-state index contributed by atoms with van der Waals surface area (Å²) in [6, 6.07) is 6.46. The molecule has 0 saturated heterocycles. The van der Waals surface area contributed by atoms with Crippen molar-refractivity contribution in [3.05, 3.63) is 47.7 Å². The molecule has 0 fully saturated rings. The molecule has 0 saturated carbocycles. The summed E-state index contributed by atoms with van der Waals surface area (Å²) in [5.41, 5.74) is 17.7. The number of aryl methyl sites for hydroxylation is 1. The molecule has 7 nitrogen and oxygen atoms in total. The van der Waals surface area contributed by atoms with Gasteiger partial charge in [0.25, 0.3) is 0 Å². The fraction of sp³-hybridized carbons (Fsp3) is 0.235. The van der Waals surface area contributed by atoms with Gasteiger partial charge in [-0.3, -0.25) is 0 Å². The Morgan fingerprint density at radius 2 is 2.00 bits per heavy atom. The summed E-state index contributed by atoms with van der Waals surface area (Å²) in [5.74, 6) is 0.399. The van der Waals surface area contributed by atoms with Crippen LogP contribution in [0.25, 0.3) is 22.1 Å². The smallest absolute Gasteiger partial charge is 0.165 e. The van der Waals surface area contributed by atoms with Crippen LogP contribution in [0.5, 0.6) is 0 Å². The third-order valence-corrected chi connectivity index (χ3v) is 4.40. The van der Waals surface area contributed by atoms with Crippen LogP contribution in [-0.2, 0) is 19.5 Å². The van der Waals surface area contributed by atoms with Crippen LogP contribution in [-0.4, -0.2) is 24.5 Å². The average Bonchev–Trinajstić information content (AvgIpc) is 3.21. The van der Waals surface area contributed by atoms with E-state index in [9.17, 15) is 0 Å². The lowest BCUT2D eigenvalue weighted by Gasteiger charge is -2.08. The normalized spacial score (nSPS) is 11.6. The highest BCUT2D eigenvalue weighted by molar-refractivity contribution is 5.87. The second-order valence-electron chi connectivity index (χ2n) is 5.83. The van der Waals surface area contributed by atoms with E-state index >= 15 is 0 Å². The number of nitrogens with one attached hydrogen (secondary N) is 1. The first-order valence-electron chi connectivity index (χ1n) is 7.95. The van der Waals surface area contributed by atoms with Crippen LogP contribution < -0.4 is 11.5 Å². The van der Waals surface area contributed by atoms with Gasteiger partial charge in [0.2, 0.25) is 0 Å². The van der Waals surface area contributed by atoms with Crippen molar-refractivity contribution >= 4 is 27.9 Å². The summed E-state index contributed by atoms with van der Waals surface area (Å²) in [6.07, 6.45) is 4.20. The van der Waals surface area contributed by atoms with Crippen molar-refractivity contribution in [3.8, 4) is 0 Å². The van der Waals surface area contributed by atoms with Gasteiger partial charge in [0.05, 0.1) is 18.4 Å². The van der Waals surface area contributed by atoms with Crippen LogP contribution in [0.15, 0.2) is 30.9 Å². The van der Waals surface area contributed by atoms with Gasteiger partial charge in [-0.25, -0.2) is 15.0 Å². The summed E-state index contributed by atoms with van der Waals surface area (Å²) in [5, 5.41) is 1.23. The maximum Gasteiger partial charge on any atom is 0.165 e. The number of anilines is 1. The first kappa shape index (κ1) is 14.6. The second kappa shape index (κ2) is 5.61. The monoisotopic (exact) mass is 321 g/mol. The Balaban J connectivity index is 1.84. The molecule has 0 atom stereocenters. The molecule has 0 radical (unpaired) electrons. The van der Waals surface area contributed by atoms with E-state index in [0.29, 0.717) is 24.4 Å². The third-order valence-electron chi connectivity index (χ3n) is 4.40. The summed E-state index contributed by atoms with van der Waals surface area (Å²) in [7, 11) is 0. The van der Waals surface area contributed by atoms with Gasteiger partial charge in [-0.2, -0.15) is 0 Å². The number of H-pyrrole nitrogens is 1. The third kappa shape index (κ3) is 2.21. The molecule has 5 N–H and O–H groups in total. The molecule has 0 amide bonds. The van der Waals surface area contributed by atoms with Crippen molar-refractivity contribution in [2.24, 2.45) is 5.73 Å². The number of hydrogen-bond donors (Lipinski definition) is 3. The van der Waals surface area contributed by atoms with E-state index in [1.54, 1.807) is 6.33 Å². The maximum atomic E-state index is 5.87. The van der Waals surface area contributed by atoms with Crippen LogP contribution in [0.2, 0.25) is 0 Å². The quantitative estimate of drug-likeness (QED) is 0.532. The van der Waals surface area contributed by atoms with Crippen molar-refractivity contribution in [3.63, 3.8) is 0 Å². The van der Waals surface area contributed by atoms with Crippen LogP contribution in [0, 0.1) is 0 Å². The van der Waals surface area contributed by atoms with Crippen molar-refractivity contribution in [1.29, 1.82) is 0 Å². The molecule has 0 unspecified atom stereocenters. The number of fused-ring (bicyclic) bond motifs is 2. The molecule has 4 aromatic rings. The van der Waals surface area contributed by atoms with Gasteiger partial charge in [-0.15, -0.1) is 0 Å². The Hall–Kier alpha value is -2.93. The van der Waals surface area contributed by atoms with E-state index in [1.807, 2.05) is 4.57 Å². The van der Waals surface area contributed by atoms with E-state index < -0.39 is 0 Å².